The van der Waals surface area contributed by atoms with Gasteiger partial charge < -0.3 is 10.2 Å². The molecule has 0 aliphatic carbocycles. The van der Waals surface area contributed by atoms with E-state index in [0.717, 1.165) is 6.54 Å². The molecule has 16 heavy (non-hydrogen) atoms. The number of rotatable bonds is 3. The van der Waals surface area contributed by atoms with Gasteiger partial charge >= 0.3 is 0 Å². The van der Waals surface area contributed by atoms with E-state index in [9.17, 15) is 0 Å². The summed E-state index contributed by atoms with van der Waals surface area (Å²) in [6.07, 6.45) is 1.17. The number of nitrogens with zero attached hydrogens (tertiary/aromatic N) is 1. The van der Waals surface area contributed by atoms with Crippen molar-refractivity contribution in [3.63, 3.8) is 0 Å². The molecule has 0 radical (unpaired) electrons. The second-order valence-electron chi connectivity index (χ2n) is 5.15. The maximum Gasteiger partial charge on any atom is 0.0417 e. The molecule has 0 bridgehead atoms. The van der Waals surface area contributed by atoms with E-state index in [1.807, 2.05) is 0 Å². The smallest absolute Gasteiger partial charge is 0.0417 e. The molecule has 0 aromatic heterocycles. The minimum atomic E-state index is 0.525. The van der Waals surface area contributed by atoms with Crippen LogP contribution < -0.4 is 10.2 Å². The van der Waals surface area contributed by atoms with Gasteiger partial charge in [0.15, 0.2) is 0 Å². The maximum absolute atomic E-state index is 3.64. The fourth-order valence-corrected chi connectivity index (χ4v) is 2.14. The molecule has 2 rings (SSSR count). The summed E-state index contributed by atoms with van der Waals surface area (Å²) >= 11 is 0. The van der Waals surface area contributed by atoms with E-state index >= 15 is 0 Å². The van der Waals surface area contributed by atoms with Crippen molar-refractivity contribution < 1.29 is 0 Å². The summed E-state index contributed by atoms with van der Waals surface area (Å²) in [5.74, 6) is 0.662. The Hall–Kier alpha value is -1.18. The van der Waals surface area contributed by atoms with Crippen molar-refractivity contribution >= 4 is 11.4 Å². The molecule has 1 aromatic carbocycles. The van der Waals surface area contributed by atoms with E-state index in [1.54, 1.807) is 0 Å². The first-order valence-electron chi connectivity index (χ1n) is 6.19. The molecule has 0 spiro atoms. The minimum Gasteiger partial charge on any atom is -0.382 e. The third kappa shape index (κ3) is 2.01. The van der Waals surface area contributed by atoms with Crippen LogP contribution in [0.1, 0.15) is 26.3 Å². The number of hydrogen-bond acceptors (Lipinski definition) is 2. The Morgan fingerprint density at radius 1 is 1.25 bits per heavy atom. The molecule has 1 N–H and O–H groups in total. The van der Waals surface area contributed by atoms with Crippen molar-refractivity contribution in [2.45, 2.75) is 33.2 Å². The normalized spacial score (nSPS) is 16.4. The third-order valence-electron chi connectivity index (χ3n) is 3.64. The molecule has 88 valence electrons. The van der Waals surface area contributed by atoms with Crippen LogP contribution in [-0.2, 0) is 6.42 Å². The number of benzene rings is 1. The van der Waals surface area contributed by atoms with E-state index in [4.69, 9.17) is 0 Å². The topological polar surface area (TPSA) is 15.3 Å². The lowest BCUT2D eigenvalue weighted by Crippen LogP contribution is -2.22. The van der Waals surface area contributed by atoms with Crippen LogP contribution in [0.5, 0.6) is 0 Å². The first-order valence-corrected chi connectivity index (χ1v) is 6.19. The van der Waals surface area contributed by atoms with Crippen LogP contribution in [0.25, 0.3) is 0 Å². The summed E-state index contributed by atoms with van der Waals surface area (Å²) in [4.78, 5) is 2.33. The molecule has 1 aliphatic heterocycles. The summed E-state index contributed by atoms with van der Waals surface area (Å²) in [7, 11) is 2.17. The first-order chi connectivity index (χ1) is 7.59. The lowest BCUT2D eigenvalue weighted by Gasteiger charge is -2.21. The molecule has 0 amide bonds. The summed E-state index contributed by atoms with van der Waals surface area (Å²) < 4.78 is 0. The molecule has 2 heteroatoms. The van der Waals surface area contributed by atoms with Crippen molar-refractivity contribution in [3.05, 3.63) is 23.8 Å². The number of hydrogen-bond donors (Lipinski definition) is 1. The molecule has 1 unspecified atom stereocenters. The highest BCUT2D eigenvalue weighted by Gasteiger charge is 2.19. The lowest BCUT2D eigenvalue weighted by molar-refractivity contribution is 0.559. The fourth-order valence-electron chi connectivity index (χ4n) is 2.14. The van der Waals surface area contributed by atoms with E-state index in [1.165, 1.54) is 23.4 Å². The zero-order valence-corrected chi connectivity index (χ0v) is 10.7. The molecule has 1 aromatic rings. The highest BCUT2D eigenvalue weighted by atomic mass is 15.1. The van der Waals surface area contributed by atoms with Crippen LogP contribution in [0.15, 0.2) is 18.2 Å². The molecule has 1 aliphatic rings. The van der Waals surface area contributed by atoms with Crippen LogP contribution in [0.4, 0.5) is 11.4 Å². The molecule has 1 heterocycles. The van der Waals surface area contributed by atoms with Gasteiger partial charge in [0, 0.05) is 36.6 Å². The number of fused-ring (bicyclic) bond motifs is 1. The van der Waals surface area contributed by atoms with Crippen LogP contribution in [0.2, 0.25) is 0 Å². The summed E-state index contributed by atoms with van der Waals surface area (Å²) in [5, 5.41) is 3.64. The van der Waals surface area contributed by atoms with Gasteiger partial charge in [-0.2, -0.15) is 0 Å². The molecular weight excluding hydrogens is 196 g/mol. The van der Waals surface area contributed by atoms with Gasteiger partial charge in [0.2, 0.25) is 0 Å². The predicted molar refractivity (Wildman–Crippen MR) is 71.3 cm³/mol. The number of nitrogens with one attached hydrogen (secondary N) is 1. The van der Waals surface area contributed by atoms with E-state index in [-0.39, 0.29) is 0 Å². The fraction of sp³-hybridized carbons (Fsp3) is 0.571. The van der Waals surface area contributed by atoms with E-state index < -0.39 is 0 Å². The maximum atomic E-state index is 3.64. The van der Waals surface area contributed by atoms with Crippen LogP contribution in [0.3, 0.4) is 0 Å². The zero-order chi connectivity index (χ0) is 11.7. The Labute approximate surface area is 98.7 Å². The van der Waals surface area contributed by atoms with Crippen LogP contribution in [0, 0.1) is 5.92 Å². The van der Waals surface area contributed by atoms with Gasteiger partial charge in [-0.3, -0.25) is 0 Å². The summed E-state index contributed by atoms with van der Waals surface area (Å²) in [5.41, 5.74) is 4.20. The molecule has 2 nitrogen and oxygen atoms in total. The van der Waals surface area contributed by atoms with Crippen molar-refractivity contribution in [2.24, 2.45) is 5.92 Å². The first kappa shape index (κ1) is 11.3. The van der Waals surface area contributed by atoms with Crippen molar-refractivity contribution in [2.75, 3.05) is 23.8 Å². The second-order valence-corrected chi connectivity index (χ2v) is 5.15. The van der Waals surface area contributed by atoms with E-state index in [2.05, 4.69) is 56.2 Å². The summed E-state index contributed by atoms with van der Waals surface area (Å²) in [6.45, 7) is 7.91. The molecule has 0 saturated heterocycles. The van der Waals surface area contributed by atoms with Gasteiger partial charge in [0.25, 0.3) is 0 Å². The van der Waals surface area contributed by atoms with Gasteiger partial charge in [0.05, 0.1) is 0 Å². The van der Waals surface area contributed by atoms with E-state index in [0.29, 0.717) is 12.0 Å². The SMILES string of the molecule is CC(C)C(C)Nc1cccc2c1CCN2C. The molecule has 0 fully saturated rings. The summed E-state index contributed by atoms with van der Waals surface area (Å²) in [6, 6.07) is 7.10. The largest absolute Gasteiger partial charge is 0.382 e. The third-order valence-corrected chi connectivity index (χ3v) is 3.64. The molecular formula is C14H22N2. The zero-order valence-electron chi connectivity index (χ0n) is 10.7. The lowest BCUT2D eigenvalue weighted by atomic mass is 10.0. The van der Waals surface area contributed by atoms with Gasteiger partial charge in [-0.15, -0.1) is 0 Å². The van der Waals surface area contributed by atoms with Gasteiger partial charge in [-0.25, -0.2) is 0 Å². The minimum absolute atomic E-state index is 0.525. The van der Waals surface area contributed by atoms with Crippen LogP contribution in [-0.4, -0.2) is 19.6 Å². The second kappa shape index (κ2) is 4.36. The van der Waals surface area contributed by atoms with Crippen molar-refractivity contribution in [3.8, 4) is 0 Å². The Kier molecular flexibility index (Phi) is 3.08. The highest BCUT2D eigenvalue weighted by molar-refractivity contribution is 5.69. The van der Waals surface area contributed by atoms with Crippen molar-refractivity contribution in [1.29, 1.82) is 0 Å². The Bertz CT molecular complexity index is 371. The average molecular weight is 218 g/mol. The molecule has 0 saturated carbocycles. The highest BCUT2D eigenvalue weighted by Crippen LogP contribution is 2.33. The number of anilines is 2. The number of likely N-dealkylation sites (N-methyl/N-ethyl adjacent to an activating group) is 1. The van der Waals surface area contributed by atoms with Gasteiger partial charge in [-0.1, -0.05) is 19.9 Å². The quantitative estimate of drug-likeness (QED) is 0.838. The Balaban J connectivity index is 2.23. The Morgan fingerprint density at radius 2 is 2.00 bits per heavy atom. The van der Waals surface area contributed by atoms with Crippen molar-refractivity contribution in [1.82, 2.24) is 0 Å². The standard InChI is InChI=1S/C14H22N2/c1-10(2)11(3)15-13-6-5-7-14-12(13)8-9-16(14)4/h5-7,10-11,15H,8-9H2,1-4H3. The van der Waals surface area contributed by atoms with Crippen LogP contribution >= 0.6 is 0 Å². The van der Waals surface area contributed by atoms with Gasteiger partial charge in [0.1, 0.15) is 0 Å². The van der Waals surface area contributed by atoms with Gasteiger partial charge in [-0.05, 0) is 31.4 Å². The predicted octanol–water partition coefficient (Wildman–Crippen LogP) is 3.14. The Morgan fingerprint density at radius 3 is 2.69 bits per heavy atom. The average Bonchev–Trinajstić information content (AvgIpc) is 2.62. The molecule has 1 atom stereocenters. The monoisotopic (exact) mass is 218 g/mol.